The smallest absolute Gasteiger partial charge is 0.222 e. The van der Waals surface area contributed by atoms with Gasteiger partial charge in [0, 0.05) is 56.6 Å². The summed E-state index contributed by atoms with van der Waals surface area (Å²) < 4.78 is 12.9. The van der Waals surface area contributed by atoms with Gasteiger partial charge in [0.2, 0.25) is 5.91 Å². The number of fused-ring (bicyclic) bond motifs is 1. The summed E-state index contributed by atoms with van der Waals surface area (Å²) in [5.74, 6) is 0.686. The number of nitrogens with zero attached hydrogens (tertiary/aromatic N) is 3. The number of ether oxygens (including phenoxy) is 2. The van der Waals surface area contributed by atoms with Crippen LogP contribution in [0.25, 0.3) is 0 Å². The summed E-state index contributed by atoms with van der Waals surface area (Å²) in [7, 11) is 1.71. The van der Waals surface area contributed by atoms with Crippen LogP contribution in [0.4, 0.5) is 0 Å². The molecule has 3 heterocycles. The Morgan fingerprint density at radius 1 is 1.31 bits per heavy atom. The van der Waals surface area contributed by atoms with Gasteiger partial charge in [0.1, 0.15) is 0 Å². The zero-order chi connectivity index (χ0) is 20.1. The fraction of sp³-hybridized carbons (Fsp3) is 0.565. The van der Waals surface area contributed by atoms with Gasteiger partial charge < -0.3 is 14.4 Å². The lowest BCUT2D eigenvalue weighted by Gasteiger charge is -2.33. The number of rotatable bonds is 7. The van der Waals surface area contributed by atoms with Gasteiger partial charge in [-0.05, 0) is 18.4 Å². The number of aryl methyl sites for hydroxylation is 1. The highest BCUT2D eigenvalue weighted by atomic mass is 16.5. The molecule has 1 unspecified atom stereocenters. The predicted molar refractivity (Wildman–Crippen MR) is 111 cm³/mol. The fourth-order valence-corrected chi connectivity index (χ4v) is 4.53. The minimum absolute atomic E-state index is 0.238. The van der Waals surface area contributed by atoms with Crippen molar-refractivity contribution < 1.29 is 14.3 Å². The standard InChI is InChI=1S/C23H31N3O3/c1-28-15-13-26-22-11-14-29-17-20(22)21(24-26)9-10-23(27)25-12-5-8-19(16-25)18-6-3-2-4-7-18/h2-4,6-7,19H,5,8-17H2,1H3. The molecule has 1 aromatic carbocycles. The van der Waals surface area contributed by atoms with Crippen LogP contribution < -0.4 is 0 Å². The second-order valence-corrected chi connectivity index (χ2v) is 7.98. The summed E-state index contributed by atoms with van der Waals surface area (Å²) in [5.41, 5.74) is 4.78. The highest BCUT2D eigenvalue weighted by Gasteiger charge is 2.26. The summed E-state index contributed by atoms with van der Waals surface area (Å²) in [5, 5.41) is 4.79. The quantitative estimate of drug-likeness (QED) is 0.721. The number of hydrogen-bond acceptors (Lipinski definition) is 4. The predicted octanol–water partition coefficient (Wildman–Crippen LogP) is 2.94. The molecule has 2 aliphatic heterocycles. The Labute approximate surface area is 172 Å². The first kappa shape index (κ1) is 20.1. The number of amides is 1. The summed E-state index contributed by atoms with van der Waals surface area (Å²) >= 11 is 0. The summed E-state index contributed by atoms with van der Waals surface area (Å²) in [6.45, 7) is 4.42. The largest absolute Gasteiger partial charge is 0.383 e. The van der Waals surface area contributed by atoms with E-state index in [2.05, 4.69) is 24.3 Å². The van der Waals surface area contributed by atoms with Crippen molar-refractivity contribution in [2.45, 2.75) is 51.2 Å². The van der Waals surface area contributed by atoms with Gasteiger partial charge in [0.25, 0.3) is 0 Å². The van der Waals surface area contributed by atoms with Gasteiger partial charge in [-0.25, -0.2) is 0 Å². The normalized spacial score (nSPS) is 19.2. The van der Waals surface area contributed by atoms with Gasteiger partial charge in [0.05, 0.1) is 32.1 Å². The van der Waals surface area contributed by atoms with Crippen molar-refractivity contribution in [3.63, 3.8) is 0 Å². The lowest BCUT2D eigenvalue weighted by Crippen LogP contribution is -2.39. The van der Waals surface area contributed by atoms with Crippen molar-refractivity contribution >= 4 is 5.91 Å². The zero-order valence-electron chi connectivity index (χ0n) is 17.3. The number of hydrogen-bond donors (Lipinski definition) is 0. The molecule has 2 aliphatic rings. The molecule has 4 rings (SSSR count). The van der Waals surface area contributed by atoms with E-state index in [1.54, 1.807) is 7.11 Å². The second kappa shape index (κ2) is 9.55. The lowest BCUT2D eigenvalue weighted by molar-refractivity contribution is -0.132. The van der Waals surface area contributed by atoms with Crippen LogP contribution >= 0.6 is 0 Å². The van der Waals surface area contributed by atoms with E-state index < -0.39 is 0 Å². The number of carbonyl (C=O) groups excluding carboxylic acids is 1. The third-order valence-electron chi connectivity index (χ3n) is 6.11. The average molecular weight is 398 g/mol. The molecule has 1 atom stereocenters. The number of aromatic nitrogens is 2. The van der Waals surface area contributed by atoms with E-state index in [1.807, 2.05) is 15.6 Å². The van der Waals surface area contributed by atoms with Crippen LogP contribution in [0.1, 0.15) is 47.7 Å². The Hall–Kier alpha value is -2.18. The van der Waals surface area contributed by atoms with Crippen molar-refractivity contribution in [1.29, 1.82) is 0 Å². The molecule has 0 bridgehead atoms. The minimum atomic E-state index is 0.238. The van der Waals surface area contributed by atoms with Crippen molar-refractivity contribution in [1.82, 2.24) is 14.7 Å². The molecule has 0 aliphatic carbocycles. The van der Waals surface area contributed by atoms with Crippen LogP contribution in [0.2, 0.25) is 0 Å². The average Bonchev–Trinajstić information content (AvgIpc) is 3.14. The van der Waals surface area contributed by atoms with Crippen molar-refractivity contribution in [2.24, 2.45) is 0 Å². The Balaban J connectivity index is 1.38. The molecule has 29 heavy (non-hydrogen) atoms. The maximum atomic E-state index is 12.9. The number of methoxy groups -OCH3 is 1. The topological polar surface area (TPSA) is 56.6 Å². The first-order valence-corrected chi connectivity index (χ1v) is 10.7. The molecular weight excluding hydrogens is 366 g/mol. The van der Waals surface area contributed by atoms with E-state index in [9.17, 15) is 4.79 Å². The third-order valence-corrected chi connectivity index (χ3v) is 6.11. The first-order valence-electron chi connectivity index (χ1n) is 10.7. The van der Waals surface area contributed by atoms with Gasteiger partial charge in [-0.2, -0.15) is 5.10 Å². The van der Waals surface area contributed by atoms with Gasteiger partial charge in [-0.15, -0.1) is 0 Å². The second-order valence-electron chi connectivity index (χ2n) is 7.98. The molecule has 2 aromatic rings. The van der Waals surface area contributed by atoms with Crippen LogP contribution in [0, 0.1) is 0 Å². The summed E-state index contributed by atoms with van der Waals surface area (Å²) in [6.07, 6.45) is 4.29. The SMILES string of the molecule is COCCn1nc(CCC(=O)N2CCCC(c3ccccc3)C2)c2c1CCOC2. The monoisotopic (exact) mass is 397 g/mol. The maximum Gasteiger partial charge on any atom is 0.222 e. The summed E-state index contributed by atoms with van der Waals surface area (Å²) in [4.78, 5) is 15.0. The Morgan fingerprint density at radius 3 is 3.00 bits per heavy atom. The van der Waals surface area contributed by atoms with Crippen molar-refractivity contribution in [3.8, 4) is 0 Å². The molecule has 1 saturated heterocycles. The van der Waals surface area contributed by atoms with Crippen molar-refractivity contribution in [3.05, 3.63) is 52.8 Å². The van der Waals surface area contributed by atoms with Crippen LogP contribution in [0.5, 0.6) is 0 Å². The van der Waals surface area contributed by atoms with Gasteiger partial charge >= 0.3 is 0 Å². The Kier molecular flexibility index (Phi) is 6.62. The molecule has 6 nitrogen and oxygen atoms in total. The van der Waals surface area contributed by atoms with E-state index in [4.69, 9.17) is 14.6 Å². The number of benzene rings is 1. The number of likely N-dealkylation sites (tertiary alicyclic amines) is 1. The molecule has 1 aromatic heterocycles. The molecule has 6 heteroatoms. The first-order chi connectivity index (χ1) is 14.3. The van der Waals surface area contributed by atoms with Crippen LogP contribution in [0.15, 0.2) is 30.3 Å². The fourth-order valence-electron chi connectivity index (χ4n) is 4.53. The van der Waals surface area contributed by atoms with E-state index >= 15 is 0 Å². The third kappa shape index (κ3) is 4.70. The Morgan fingerprint density at radius 2 is 2.17 bits per heavy atom. The molecule has 0 N–H and O–H groups in total. The van der Waals surface area contributed by atoms with Gasteiger partial charge in [-0.1, -0.05) is 30.3 Å². The highest BCUT2D eigenvalue weighted by Crippen LogP contribution is 2.27. The van der Waals surface area contributed by atoms with E-state index in [0.717, 1.165) is 51.2 Å². The van der Waals surface area contributed by atoms with Crippen LogP contribution in [0.3, 0.4) is 0 Å². The molecule has 0 radical (unpaired) electrons. The van der Waals surface area contributed by atoms with Crippen molar-refractivity contribution in [2.75, 3.05) is 33.4 Å². The van der Waals surface area contributed by atoms with Gasteiger partial charge in [-0.3, -0.25) is 9.48 Å². The number of carbonyl (C=O) groups is 1. The molecule has 1 fully saturated rings. The number of piperidine rings is 1. The lowest BCUT2D eigenvalue weighted by atomic mass is 9.90. The molecule has 0 spiro atoms. The van der Waals surface area contributed by atoms with E-state index in [-0.39, 0.29) is 5.91 Å². The van der Waals surface area contributed by atoms with Crippen LogP contribution in [-0.4, -0.2) is 54.0 Å². The van der Waals surface area contributed by atoms with E-state index in [1.165, 1.54) is 16.8 Å². The van der Waals surface area contributed by atoms with Crippen LogP contribution in [-0.2, 0) is 40.3 Å². The molecular formula is C23H31N3O3. The summed E-state index contributed by atoms with van der Waals surface area (Å²) in [6, 6.07) is 10.6. The maximum absolute atomic E-state index is 12.9. The van der Waals surface area contributed by atoms with Gasteiger partial charge in [0.15, 0.2) is 0 Å². The molecule has 0 saturated carbocycles. The highest BCUT2D eigenvalue weighted by molar-refractivity contribution is 5.76. The molecule has 156 valence electrons. The molecule has 1 amide bonds. The minimum Gasteiger partial charge on any atom is -0.383 e. The van der Waals surface area contributed by atoms with E-state index in [0.29, 0.717) is 32.0 Å². The zero-order valence-corrected chi connectivity index (χ0v) is 17.3. The Bertz CT molecular complexity index is 818.